The fraction of sp³-hybridized carbons (Fsp3) is 0.429. The lowest BCUT2D eigenvalue weighted by atomic mass is 9.90. The molecule has 5 heteroatoms. The molecule has 1 heterocycles. The van der Waals surface area contributed by atoms with Gasteiger partial charge in [-0.2, -0.15) is 5.10 Å². The van der Waals surface area contributed by atoms with Crippen molar-refractivity contribution in [3.8, 4) is 11.3 Å². The van der Waals surface area contributed by atoms with Crippen LogP contribution < -0.4 is 5.43 Å². The molecule has 0 radical (unpaired) electrons. The standard InChI is InChI=1S/C21H23ClN2O2/c1-13-6-7-14(11-17(13)22)18-9-8-15(26-18)12-23-24-20(25)19-16-5-3-4-10-21(16,19)2/h6-9,11-12,16,19H,3-5,10H2,1-2H3,(H,24,25)/b23-12-/t16-,19+,21-/m1/s1. The van der Waals surface area contributed by atoms with Crippen molar-refractivity contribution in [2.45, 2.75) is 39.5 Å². The Labute approximate surface area is 158 Å². The number of carbonyl (C=O) groups excluding carboxylic acids is 1. The Balaban J connectivity index is 1.38. The average Bonchev–Trinajstić information content (AvgIpc) is 2.98. The molecule has 4 rings (SSSR count). The van der Waals surface area contributed by atoms with Gasteiger partial charge in [0.05, 0.1) is 6.21 Å². The van der Waals surface area contributed by atoms with Crippen LogP contribution in [0.5, 0.6) is 0 Å². The fourth-order valence-corrected chi connectivity index (χ4v) is 4.58. The summed E-state index contributed by atoms with van der Waals surface area (Å²) in [4.78, 5) is 12.4. The second kappa shape index (κ2) is 6.58. The van der Waals surface area contributed by atoms with E-state index >= 15 is 0 Å². The maximum absolute atomic E-state index is 12.4. The van der Waals surface area contributed by atoms with Gasteiger partial charge < -0.3 is 4.42 Å². The predicted molar refractivity (Wildman–Crippen MR) is 103 cm³/mol. The molecule has 3 atom stereocenters. The highest BCUT2D eigenvalue weighted by atomic mass is 35.5. The number of benzene rings is 1. The van der Waals surface area contributed by atoms with Crippen molar-refractivity contribution in [1.29, 1.82) is 0 Å². The Morgan fingerprint density at radius 3 is 2.92 bits per heavy atom. The van der Waals surface area contributed by atoms with Crippen LogP contribution in [0.4, 0.5) is 0 Å². The molecule has 2 aliphatic rings. The maximum Gasteiger partial charge on any atom is 0.244 e. The van der Waals surface area contributed by atoms with Crippen LogP contribution in [-0.2, 0) is 4.79 Å². The highest BCUT2D eigenvalue weighted by molar-refractivity contribution is 6.31. The van der Waals surface area contributed by atoms with Gasteiger partial charge in [0.25, 0.3) is 0 Å². The molecular weight excluding hydrogens is 348 g/mol. The Hall–Kier alpha value is -2.07. The van der Waals surface area contributed by atoms with Crippen LogP contribution >= 0.6 is 11.6 Å². The number of fused-ring (bicyclic) bond motifs is 1. The van der Waals surface area contributed by atoms with E-state index in [1.807, 2.05) is 37.3 Å². The number of nitrogens with zero attached hydrogens (tertiary/aromatic N) is 1. The summed E-state index contributed by atoms with van der Waals surface area (Å²) in [5, 5.41) is 4.80. The van der Waals surface area contributed by atoms with E-state index in [2.05, 4.69) is 17.5 Å². The van der Waals surface area contributed by atoms with E-state index in [4.69, 9.17) is 16.0 Å². The van der Waals surface area contributed by atoms with Gasteiger partial charge >= 0.3 is 0 Å². The van der Waals surface area contributed by atoms with E-state index < -0.39 is 0 Å². The van der Waals surface area contributed by atoms with E-state index in [1.165, 1.54) is 19.3 Å². The Morgan fingerprint density at radius 2 is 2.19 bits per heavy atom. The van der Waals surface area contributed by atoms with E-state index in [0.29, 0.717) is 16.7 Å². The summed E-state index contributed by atoms with van der Waals surface area (Å²) >= 11 is 6.17. The summed E-state index contributed by atoms with van der Waals surface area (Å²) in [7, 11) is 0. The third-order valence-electron chi connectivity index (χ3n) is 6.06. The smallest absolute Gasteiger partial charge is 0.244 e. The van der Waals surface area contributed by atoms with Crippen molar-refractivity contribution >= 4 is 23.7 Å². The van der Waals surface area contributed by atoms with Gasteiger partial charge in [0.2, 0.25) is 5.91 Å². The first-order valence-electron chi connectivity index (χ1n) is 9.18. The molecule has 0 saturated heterocycles. The number of nitrogens with one attached hydrogen (secondary N) is 1. The zero-order valence-electron chi connectivity index (χ0n) is 15.1. The topological polar surface area (TPSA) is 54.6 Å². The predicted octanol–water partition coefficient (Wildman–Crippen LogP) is 5.18. The number of hydrazone groups is 1. The van der Waals surface area contributed by atoms with Crippen LogP contribution in [0, 0.1) is 24.2 Å². The summed E-state index contributed by atoms with van der Waals surface area (Å²) in [6, 6.07) is 9.52. The van der Waals surface area contributed by atoms with Crippen molar-refractivity contribution in [2.75, 3.05) is 0 Å². The van der Waals surface area contributed by atoms with Crippen molar-refractivity contribution < 1.29 is 9.21 Å². The summed E-state index contributed by atoms with van der Waals surface area (Å²) in [5.41, 5.74) is 4.83. The van der Waals surface area contributed by atoms with Gasteiger partial charge in [0.1, 0.15) is 11.5 Å². The normalized spacial score (nSPS) is 27.3. The molecule has 1 N–H and O–H groups in total. The van der Waals surface area contributed by atoms with E-state index in [-0.39, 0.29) is 17.2 Å². The molecule has 2 aromatic rings. The molecule has 0 aliphatic heterocycles. The number of amides is 1. The highest BCUT2D eigenvalue weighted by Crippen LogP contribution is 2.66. The SMILES string of the molecule is Cc1ccc(-c2ccc(/C=N\NC(=O)[C@@H]3[C@H]4CCCC[C@]43C)o2)cc1Cl. The first kappa shape index (κ1) is 17.3. The first-order valence-corrected chi connectivity index (χ1v) is 9.56. The van der Waals surface area contributed by atoms with E-state index in [9.17, 15) is 4.79 Å². The number of furan rings is 1. The molecule has 1 aromatic carbocycles. The second-order valence-corrected chi connectivity index (χ2v) is 8.14. The van der Waals surface area contributed by atoms with Gasteiger partial charge in [-0.25, -0.2) is 5.43 Å². The number of hydrogen-bond acceptors (Lipinski definition) is 3. The Morgan fingerprint density at radius 1 is 1.35 bits per heavy atom. The molecule has 2 saturated carbocycles. The van der Waals surface area contributed by atoms with Crippen LogP contribution in [0.3, 0.4) is 0 Å². The van der Waals surface area contributed by atoms with Crippen molar-refractivity contribution in [3.63, 3.8) is 0 Å². The molecule has 2 aliphatic carbocycles. The number of halogens is 1. The summed E-state index contributed by atoms with van der Waals surface area (Å²) in [6.45, 7) is 4.20. The zero-order chi connectivity index (χ0) is 18.3. The van der Waals surface area contributed by atoms with E-state index in [0.717, 1.165) is 23.3 Å². The number of carbonyl (C=O) groups is 1. The molecule has 0 spiro atoms. The van der Waals surface area contributed by atoms with Crippen LogP contribution in [0.25, 0.3) is 11.3 Å². The van der Waals surface area contributed by atoms with Crippen LogP contribution in [0.15, 0.2) is 39.9 Å². The fourth-order valence-electron chi connectivity index (χ4n) is 4.40. The lowest BCUT2D eigenvalue weighted by molar-refractivity contribution is -0.123. The molecule has 0 unspecified atom stereocenters. The number of rotatable bonds is 4. The van der Waals surface area contributed by atoms with Crippen LogP contribution in [0.2, 0.25) is 5.02 Å². The molecule has 136 valence electrons. The second-order valence-electron chi connectivity index (χ2n) is 7.74. The Bertz CT molecular complexity index is 873. The van der Waals surface area contributed by atoms with Gasteiger partial charge in [-0.15, -0.1) is 0 Å². The minimum atomic E-state index is 0.0349. The monoisotopic (exact) mass is 370 g/mol. The highest BCUT2D eigenvalue weighted by Gasteiger charge is 2.64. The molecule has 1 amide bonds. The van der Waals surface area contributed by atoms with Gasteiger partial charge in [-0.1, -0.05) is 43.5 Å². The van der Waals surface area contributed by atoms with Crippen molar-refractivity contribution in [1.82, 2.24) is 5.43 Å². The molecule has 26 heavy (non-hydrogen) atoms. The minimum absolute atomic E-state index is 0.0349. The largest absolute Gasteiger partial charge is 0.455 e. The minimum Gasteiger partial charge on any atom is -0.455 e. The molecule has 2 fully saturated rings. The zero-order valence-corrected chi connectivity index (χ0v) is 15.8. The Kier molecular flexibility index (Phi) is 4.39. The number of hydrogen-bond donors (Lipinski definition) is 1. The summed E-state index contributed by atoms with van der Waals surface area (Å²) in [5.74, 6) is 2.00. The lowest BCUT2D eigenvalue weighted by Gasteiger charge is -2.15. The first-order chi connectivity index (χ1) is 12.5. The molecule has 1 aromatic heterocycles. The molecule has 0 bridgehead atoms. The van der Waals surface area contributed by atoms with Gasteiger partial charge in [-0.3, -0.25) is 4.79 Å². The maximum atomic E-state index is 12.4. The van der Waals surface area contributed by atoms with Crippen molar-refractivity contribution in [2.24, 2.45) is 22.4 Å². The summed E-state index contributed by atoms with van der Waals surface area (Å²) in [6.07, 6.45) is 6.34. The summed E-state index contributed by atoms with van der Waals surface area (Å²) < 4.78 is 5.78. The lowest BCUT2D eigenvalue weighted by Crippen LogP contribution is -2.22. The van der Waals surface area contributed by atoms with Crippen molar-refractivity contribution in [3.05, 3.63) is 46.7 Å². The third-order valence-corrected chi connectivity index (χ3v) is 6.47. The van der Waals surface area contributed by atoms with Crippen LogP contribution in [0.1, 0.15) is 43.9 Å². The van der Waals surface area contributed by atoms with E-state index in [1.54, 1.807) is 6.21 Å². The quantitative estimate of drug-likeness (QED) is 0.595. The molecular formula is C21H23ClN2O2. The van der Waals surface area contributed by atoms with Crippen LogP contribution in [-0.4, -0.2) is 12.1 Å². The average molecular weight is 371 g/mol. The number of aryl methyl sites for hydroxylation is 1. The van der Waals surface area contributed by atoms with Gasteiger partial charge in [0, 0.05) is 16.5 Å². The molecule has 4 nitrogen and oxygen atoms in total. The van der Waals surface area contributed by atoms with Gasteiger partial charge in [0.15, 0.2) is 0 Å². The van der Waals surface area contributed by atoms with Gasteiger partial charge in [-0.05, 0) is 54.9 Å². The third kappa shape index (κ3) is 3.07.